The van der Waals surface area contributed by atoms with E-state index in [1.54, 1.807) is 55.6 Å². The van der Waals surface area contributed by atoms with E-state index in [0.717, 1.165) is 25.9 Å². The van der Waals surface area contributed by atoms with Gasteiger partial charge in [-0.25, -0.2) is 4.79 Å². The normalized spacial score (nSPS) is 14.0. The SMILES string of the molecule is COc1ccc(C(=O)Nc2ccccc2NC(=O)OCCOC2CCNCC2)cc1. The molecule has 1 aliphatic rings. The van der Waals surface area contributed by atoms with Crippen molar-refractivity contribution in [3.63, 3.8) is 0 Å². The summed E-state index contributed by atoms with van der Waals surface area (Å²) in [6, 6.07) is 13.7. The Morgan fingerprint density at radius 2 is 1.63 bits per heavy atom. The highest BCUT2D eigenvalue weighted by Crippen LogP contribution is 2.22. The van der Waals surface area contributed by atoms with Gasteiger partial charge in [0, 0.05) is 5.56 Å². The van der Waals surface area contributed by atoms with E-state index in [1.807, 2.05) is 0 Å². The highest BCUT2D eigenvalue weighted by molar-refractivity contribution is 6.06. The van der Waals surface area contributed by atoms with E-state index in [1.165, 1.54) is 0 Å². The number of carbonyl (C=O) groups excluding carboxylic acids is 2. The van der Waals surface area contributed by atoms with E-state index < -0.39 is 6.09 Å². The molecule has 3 N–H and O–H groups in total. The predicted octanol–water partition coefficient (Wildman–Crippen LogP) is 3.26. The number of amides is 2. The predicted molar refractivity (Wildman–Crippen MR) is 114 cm³/mol. The topological polar surface area (TPSA) is 97.9 Å². The molecule has 30 heavy (non-hydrogen) atoms. The number of carbonyl (C=O) groups is 2. The minimum absolute atomic E-state index is 0.163. The molecule has 2 aromatic carbocycles. The second-order valence-corrected chi connectivity index (χ2v) is 6.81. The van der Waals surface area contributed by atoms with Gasteiger partial charge in [0.2, 0.25) is 0 Å². The Bertz CT molecular complexity index is 835. The van der Waals surface area contributed by atoms with Gasteiger partial charge in [0.25, 0.3) is 5.91 Å². The fraction of sp³-hybridized carbons (Fsp3) is 0.364. The summed E-state index contributed by atoms with van der Waals surface area (Å²) >= 11 is 0. The molecule has 0 unspecified atom stereocenters. The maximum Gasteiger partial charge on any atom is 0.411 e. The molecule has 0 atom stereocenters. The van der Waals surface area contributed by atoms with Crippen LogP contribution in [0.4, 0.5) is 16.2 Å². The summed E-state index contributed by atoms with van der Waals surface area (Å²) in [7, 11) is 1.57. The van der Waals surface area contributed by atoms with Crippen LogP contribution in [0, 0.1) is 0 Å². The largest absolute Gasteiger partial charge is 0.497 e. The molecule has 1 saturated heterocycles. The molecule has 0 radical (unpaired) electrons. The Morgan fingerprint density at radius 1 is 0.967 bits per heavy atom. The lowest BCUT2D eigenvalue weighted by Crippen LogP contribution is -2.33. The number of para-hydroxylation sites is 2. The lowest BCUT2D eigenvalue weighted by molar-refractivity contribution is 0.00934. The number of ether oxygens (including phenoxy) is 3. The van der Waals surface area contributed by atoms with Gasteiger partial charge in [-0.1, -0.05) is 12.1 Å². The van der Waals surface area contributed by atoms with E-state index in [-0.39, 0.29) is 18.6 Å². The minimum Gasteiger partial charge on any atom is -0.497 e. The van der Waals surface area contributed by atoms with Crippen LogP contribution < -0.4 is 20.7 Å². The number of hydrogen-bond donors (Lipinski definition) is 3. The Hall–Kier alpha value is -3.10. The summed E-state index contributed by atoms with van der Waals surface area (Å²) in [6.07, 6.45) is 1.54. The first kappa shape index (κ1) is 21.6. The van der Waals surface area contributed by atoms with Gasteiger partial charge >= 0.3 is 6.09 Å². The quantitative estimate of drug-likeness (QED) is 0.575. The summed E-state index contributed by atoms with van der Waals surface area (Å²) in [4.78, 5) is 24.6. The highest BCUT2D eigenvalue weighted by atomic mass is 16.6. The van der Waals surface area contributed by atoms with Gasteiger partial charge in [0.1, 0.15) is 12.4 Å². The number of piperidine rings is 1. The smallest absolute Gasteiger partial charge is 0.411 e. The number of hydrogen-bond acceptors (Lipinski definition) is 6. The van der Waals surface area contributed by atoms with Crippen molar-refractivity contribution in [2.45, 2.75) is 18.9 Å². The molecule has 1 aliphatic heterocycles. The van der Waals surface area contributed by atoms with Crippen molar-refractivity contribution in [1.82, 2.24) is 5.32 Å². The lowest BCUT2D eigenvalue weighted by atomic mass is 10.1. The van der Waals surface area contributed by atoms with E-state index in [4.69, 9.17) is 14.2 Å². The van der Waals surface area contributed by atoms with Crippen LogP contribution in [0.2, 0.25) is 0 Å². The van der Waals surface area contributed by atoms with Crippen molar-refractivity contribution >= 4 is 23.4 Å². The molecule has 0 bridgehead atoms. The Balaban J connectivity index is 1.48. The summed E-state index contributed by atoms with van der Waals surface area (Å²) in [6.45, 7) is 2.42. The van der Waals surface area contributed by atoms with Crippen LogP contribution in [-0.2, 0) is 9.47 Å². The number of benzene rings is 2. The van der Waals surface area contributed by atoms with Crippen LogP contribution in [0.5, 0.6) is 5.75 Å². The second kappa shape index (κ2) is 11.2. The zero-order valence-electron chi connectivity index (χ0n) is 17.0. The van der Waals surface area contributed by atoms with Crippen LogP contribution in [0.25, 0.3) is 0 Å². The van der Waals surface area contributed by atoms with Crippen LogP contribution in [-0.4, -0.2) is 51.5 Å². The fourth-order valence-electron chi connectivity index (χ4n) is 3.10. The third kappa shape index (κ3) is 6.47. The third-order valence-corrected chi connectivity index (χ3v) is 4.72. The van der Waals surface area contributed by atoms with Gasteiger partial charge in [-0.05, 0) is 62.3 Å². The van der Waals surface area contributed by atoms with Crippen LogP contribution in [0.15, 0.2) is 48.5 Å². The van der Waals surface area contributed by atoms with Crippen molar-refractivity contribution in [3.05, 3.63) is 54.1 Å². The summed E-state index contributed by atoms with van der Waals surface area (Å²) in [5.74, 6) is 0.371. The van der Waals surface area contributed by atoms with Gasteiger partial charge in [-0.15, -0.1) is 0 Å². The van der Waals surface area contributed by atoms with E-state index in [2.05, 4.69) is 16.0 Å². The molecule has 0 aromatic heterocycles. The van der Waals surface area contributed by atoms with Crippen molar-refractivity contribution in [1.29, 1.82) is 0 Å². The molecule has 2 aromatic rings. The van der Waals surface area contributed by atoms with E-state index >= 15 is 0 Å². The molecule has 0 spiro atoms. The zero-order chi connectivity index (χ0) is 21.2. The molecule has 8 heteroatoms. The first-order valence-electron chi connectivity index (χ1n) is 9.96. The molecule has 160 valence electrons. The first-order chi connectivity index (χ1) is 14.7. The first-order valence-corrected chi connectivity index (χ1v) is 9.96. The van der Waals surface area contributed by atoms with Crippen molar-refractivity contribution < 1.29 is 23.8 Å². The maximum absolute atomic E-state index is 12.5. The van der Waals surface area contributed by atoms with Crippen LogP contribution >= 0.6 is 0 Å². The molecule has 3 rings (SSSR count). The number of rotatable bonds is 8. The minimum atomic E-state index is -0.602. The molecular weight excluding hydrogens is 386 g/mol. The monoisotopic (exact) mass is 413 g/mol. The number of nitrogens with one attached hydrogen (secondary N) is 3. The summed E-state index contributed by atoms with van der Waals surface area (Å²) < 4.78 is 16.0. The standard InChI is InChI=1S/C22H27N3O5/c1-28-17-8-6-16(7-9-17)21(26)24-19-4-2-3-5-20(19)25-22(27)30-15-14-29-18-10-12-23-13-11-18/h2-9,18,23H,10-15H2,1H3,(H,24,26)(H,25,27). The van der Waals surface area contributed by atoms with Gasteiger partial charge in [0.05, 0.1) is 31.2 Å². The molecule has 0 saturated carbocycles. The van der Waals surface area contributed by atoms with Gasteiger partial charge in [-0.2, -0.15) is 0 Å². The highest BCUT2D eigenvalue weighted by Gasteiger charge is 2.14. The average molecular weight is 413 g/mol. The van der Waals surface area contributed by atoms with Gasteiger partial charge in [0.15, 0.2) is 0 Å². The second-order valence-electron chi connectivity index (χ2n) is 6.81. The molecule has 1 fully saturated rings. The van der Waals surface area contributed by atoms with Crippen molar-refractivity contribution in [3.8, 4) is 5.75 Å². The number of methoxy groups -OCH3 is 1. The Labute approximate surface area is 175 Å². The van der Waals surface area contributed by atoms with E-state index in [9.17, 15) is 9.59 Å². The van der Waals surface area contributed by atoms with Crippen molar-refractivity contribution in [2.24, 2.45) is 0 Å². The summed E-state index contributed by atoms with van der Waals surface area (Å²) in [5.41, 5.74) is 1.40. The Morgan fingerprint density at radius 3 is 2.30 bits per heavy atom. The summed E-state index contributed by atoms with van der Waals surface area (Å²) in [5, 5.41) is 8.74. The third-order valence-electron chi connectivity index (χ3n) is 4.72. The zero-order valence-corrected chi connectivity index (χ0v) is 17.0. The molecule has 8 nitrogen and oxygen atoms in total. The molecular formula is C22H27N3O5. The van der Waals surface area contributed by atoms with Gasteiger partial charge in [-0.3, -0.25) is 10.1 Å². The fourth-order valence-corrected chi connectivity index (χ4v) is 3.10. The average Bonchev–Trinajstić information content (AvgIpc) is 2.79. The molecule has 2 amide bonds. The van der Waals surface area contributed by atoms with Crippen molar-refractivity contribution in [2.75, 3.05) is 44.0 Å². The van der Waals surface area contributed by atoms with Crippen LogP contribution in [0.3, 0.4) is 0 Å². The van der Waals surface area contributed by atoms with Gasteiger partial charge < -0.3 is 24.8 Å². The molecule has 1 heterocycles. The van der Waals surface area contributed by atoms with E-state index in [0.29, 0.717) is 29.3 Å². The van der Waals surface area contributed by atoms with Crippen LogP contribution in [0.1, 0.15) is 23.2 Å². The Kier molecular flexibility index (Phi) is 8.05. The lowest BCUT2D eigenvalue weighted by Gasteiger charge is -2.22. The number of anilines is 2. The maximum atomic E-state index is 12.5. The molecule has 0 aliphatic carbocycles.